The lowest BCUT2D eigenvalue weighted by molar-refractivity contribution is -0.115. The lowest BCUT2D eigenvalue weighted by Crippen LogP contribution is -2.29. The minimum absolute atomic E-state index is 0.116. The molecule has 5 rings (SSSR count). The van der Waals surface area contributed by atoms with Crippen molar-refractivity contribution in [2.45, 2.75) is 32.9 Å². The maximum Gasteiger partial charge on any atom is 0.231 e. The molecule has 0 unspecified atom stereocenters. The molecular formula is C25H23FN4OS2. The highest BCUT2D eigenvalue weighted by molar-refractivity contribution is 7.16. The number of carbonyl (C=O) groups excluding carboxylic acids is 1. The molecule has 0 spiro atoms. The van der Waals surface area contributed by atoms with Gasteiger partial charge in [0.25, 0.3) is 0 Å². The van der Waals surface area contributed by atoms with Crippen LogP contribution >= 0.6 is 22.7 Å². The van der Waals surface area contributed by atoms with E-state index in [2.05, 4.69) is 44.5 Å². The first kappa shape index (κ1) is 21.9. The number of anilines is 1. The smallest absolute Gasteiger partial charge is 0.231 e. The van der Waals surface area contributed by atoms with Crippen LogP contribution in [0.15, 0.2) is 54.6 Å². The van der Waals surface area contributed by atoms with Crippen LogP contribution in [0.2, 0.25) is 0 Å². The van der Waals surface area contributed by atoms with Gasteiger partial charge in [-0.15, -0.1) is 22.7 Å². The third-order valence-corrected chi connectivity index (χ3v) is 7.52. The van der Waals surface area contributed by atoms with Crippen LogP contribution in [-0.2, 0) is 30.7 Å². The number of fused-ring (bicyclic) bond motifs is 1. The summed E-state index contributed by atoms with van der Waals surface area (Å²) >= 11 is 3.05. The first-order valence-electron chi connectivity index (χ1n) is 10.8. The second-order valence-corrected chi connectivity index (χ2v) is 10.4. The van der Waals surface area contributed by atoms with Gasteiger partial charge in [-0.3, -0.25) is 9.69 Å². The topological polar surface area (TPSA) is 58.1 Å². The highest BCUT2D eigenvalue weighted by atomic mass is 32.1. The summed E-state index contributed by atoms with van der Waals surface area (Å²) in [5, 5.41) is 4.50. The largest absolute Gasteiger partial charge is 0.302 e. The van der Waals surface area contributed by atoms with E-state index in [9.17, 15) is 9.18 Å². The number of hydrogen-bond donors (Lipinski definition) is 1. The summed E-state index contributed by atoms with van der Waals surface area (Å²) < 4.78 is 13.3. The van der Waals surface area contributed by atoms with Gasteiger partial charge >= 0.3 is 0 Å². The number of halogens is 1. The number of carbonyl (C=O) groups is 1. The lowest BCUT2D eigenvalue weighted by Gasteiger charge is -2.25. The fourth-order valence-electron chi connectivity index (χ4n) is 4.01. The van der Waals surface area contributed by atoms with Crippen LogP contribution in [0.3, 0.4) is 0 Å². The van der Waals surface area contributed by atoms with E-state index in [1.807, 2.05) is 13.0 Å². The highest BCUT2D eigenvalue weighted by Crippen LogP contribution is 2.31. The Morgan fingerprint density at radius 3 is 2.67 bits per heavy atom. The third kappa shape index (κ3) is 5.19. The van der Waals surface area contributed by atoms with E-state index >= 15 is 0 Å². The summed E-state index contributed by atoms with van der Waals surface area (Å²) in [6.07, 6.45) is 1.10. The van der Waals surface area contributed by atoms with Crippen molar-refractivity contribution >= 4 is 33.7 Å². The minimum atomic E-state index is -0.292. The summed E-state index contributed by atoms with van der Waals surface area (Å²) in [5.74, 6) is -0.408. The van der Waals surface area contributed by atoms with Crippen LogP contribution in [0.25, 0.3) is 11.3 Å². The fourth-order valence-corrected chi connectivity index (χ4v) is 6.03. The summed E-state index contributed by atoms with van der Waals surface area (Å²) in [5.41, 5.74) is 3.94. The van der Waals surface area contributed by atoms with Gasteiger partial charge in [0, 0.05) is 41.4 Å². The molecule has 1 aliphatic heterocycles. The summed E-state index contributed by atoms with van der Waals surface area (Å²) in [7, 11) is 0. The Balaban J connectivity index is 1.24. The van der Waals surface area contributed by atoms with Crippen molar-refractivity contribution in [3.8, 4) is 11.3 Å². The van der Waals surface area contributed by atoms with Crippen LogP contribution < -0.4 is 5.32 Å². The summed E-state index contributed by atoms with van der Waals surface area (Å²) in [6, 6.07) is 16.7. The molecule has 2 aromatic carbocycles. The van der Waals surface area contributed by atoms with Gasteiger partial charge in [-0.25, -0.2) is 14.4 Å². The van der Waals surface area contributed by atoms with Gasteiger partial charge in [-0.05, 0) is 36.8 Å². The van der Waals surface area contributed by atoms with Gasteiger partial charge in [0.1, 0.15) is 5.82 Å². The first-order valence-corrected chi connectivity index (χ1v) is 12.4. The second-order valence-electron chi connectivity index (χ2n) is 8.07. The third-order valence-electron chi connectivity index (χ3n) is 5.55. The zero-order valence-electron chi connectivity index (χ0n) is 18.2. The van der Waals surface area contributed by atoms with Gasteiger partial charge in [-0.1, -0.05) is 30.3 Å². The Morgan fingerprint density at radius 1 is 1.09 bits per heavy atom. The number of amides is 1. The van der Waals surface area contributed by atoms with Crippen LogP contribution in [0.4, 0.5) is 9.52 Å². The SMILES string of the molecule is Cc1nc(-c2ccc(F)cc2)c(CC(=O)Nc2nc3c(s2)CN(Cc2ccccc2)CC3)s1. The van der Waals surface area contributed by atoms with Crippen LogP contribution in [0, 0.1) is 12.7 Å². The number of thiazole rings is 2. The number of nitrogens with zero attached hydrogens (tertiary/aromatic N) is 3. The molecule has 0 saturated carbocycles. The molecule has 33 heavy (non-hydrogen) atoms. The summed E-state index contributed by atoms with van der Waals surface area (Å²) in [4.78, 5) is 26.5. The van der Waals surface area contributed by atoms with Gasteiger partial charge in [-0.2, -0.15) is 0 Å². The fraction of sp³-hybridized carbons (Fsp3) is 0.240. The van der Waals surface area contributed by atoms with E-state index in [0.29, 0.717) is 5.13 Å². The van der Waals surface area contributed by atoms with Gasteiger partial charge < -0.3 is 5.32 Å². The quantitative estimate of drug-likeness (QED) is 0.400. The van der Waals surface area contributed by atoms with E-state index in [-0.39, 0.29) is 18.1 Å². The Bertz CT molecular complexity index is 1270. The molecule has 0 saturated heterocycles. The maximum atomic E-state index is 13.3. The van der Waals surface area contributed by atoms with Crippen molar-refractivity contribution in [3.63, 3.8) is 0 Å². The molecule has 0 fully saturated rings. The van der Waals surface area contributed by atoms with Crippen molar-refractivity contribution in [2.75, 3.05) is 11.9 Å². The Hall–Kier alpha value is -2.94. The predicted octanol–water partition coefficient (Wildman–Crippen LogP) is 5.45. The second kappa shape index (κ2) is 9.51. The molecule has 168 valence electrons. The first-order chi connectivity index (χ1) is 16.0. The Labute approximate surface area is 200 Å². The molecule has 3 heterocycles. The van der Waals surface area contributed by atoms with E-state index in [1.165, 1.54) is 33.9 Å². The molecular weight excluding hydrogens is 455 g/mol. The normalized spacial score (nSPS) is 13.6. The number of aromatic nitrogens is 2. The average Bonchev–Trinajstić information content (AvgIpc) is 3.36. The van der Waals surface area contributed by atoms with Gasteiger partial charge in [0.2, 0.25) is 5.91 Å². The number of aryl methyl sites for hydroxylation is 1. The molecule has 0 aliphatic carbocycles. The highest BCUT2D eigenvalue weighted by Gasteiger charge is 2.22. The van der Waals surface area contributed by atoms with Crippen molar-refractivity contribution in [1.29, 1.82) is 0 Å². The van der Waals surface area contributed by atoms with E-state index in [1.54, 1.807) is 23.5 Å². The minimum Gasteiger partial charge on any atom is -0.302 e. The lowest BCUT2D eigenvalue weighted by atomic mass is 10.1. The molecule has 0 atom stereocenters. The maximum absolute atomic E-state index is 13.3. The predicted molar refractivity (Wildman–Crippen MR) is 131 cm³/mol. The van der Waals surface area contributed by atoms with Crippen molar-refractivity contribution in [1.82, 2.24) is 14.9 Å². The molecule has 0 bridgehead atoms. The molecule has 1 N–H and O–H groups in total. The van der Waals surface area contributed by atoms with Crippen LogP contribution in [-0.4, -0.2) is 27.3 Å². The van der Waals surface area contributed by atoms with Crippen molar-refractivity contribution < 1.29 is 9.18 Å². The Morgan fingerprint density at radius 2 is 1.88 bits per heavy atom. The van der Waals surface area contributed by atoms with Gasteiger partial charge in [0.05, 0.1) is 22.8 Å². The zero-order valence-corrected chi connectivity index (χ0v) is 19.8. The van der Waals surface area contributed by atoms with Crippen LogP contribution in [0.5, 0.6) is 0 Å². The molecule has 8 heteroatoms. The molecule has 0 radical (unpaired) electrons. The number of hydrogen-bond acceptors (Lipinski definition) is 6. The van der Waals surface area contributed by atoms with Crippen molar-refractivity contribution in [2.24, 2.45) is 0 Å². The monoisotopic (exact) mass is 478 g/mol. The molecule has 2 aromatic heterocycles. The molecule has 5 nitrogen and oxygen atoms in total. The van der Waals surface area contributed by atoms with Crippen molar-refractivity contribution in [3.05, 3.63) is 86.4 Å². The van der Waals surface area contributed by atoms with Crippen LogP contribution in [0.1, 0.15) is 26.0 Å². The molecule has 1 amide bonds. The summed E-state index contributed by atoms with van der Waals surface area (Å²) in [6.45, 7) is 4.63. The number of rotatable bonds is 6. The zero-order chi connectivity index (χ0) is 22.8. The van der Waals surface area contributed by atoms with E-state index in [4.69, 9.17) is 0 Å². The number of nitrogens with one attached hydrogen (secondary N) is 1. The Kier molecular flexibility index (Phi) is 6.30. The molecule has 4 aromatic rings. The standard InChI is InChI=1S/C25H23FN4OS2/c1-16-27-24(18-7-9-19(26)10-8-18)21(32-16)13-23(31)29-25-28-20-11-12-30(15-22(20)33-25)14-17-5-3-2-4-6-17/h2-10H,11-15H2,1H3,(H,28,29,31). The van der Waals surface area contributed by atoms with Gasteiger partial charge in [0.15, 0.2) is 5.13 Å². The van der Waals surface area contributed by atoms with E-state index in [0.717, 1.165) is 52.9 Å². The molecule has 1 aliphatic rings. The number of benzene rings is 2. The van der Waals surface area contributed by atoms with E-state index < -0.39 is 0 Å². The average molecular weight is 479 g/mol.